The largest absolute Gasteiger partial charge is 1.00 e. The molecular formula is C18H19ClF2N2. The van der Waals surface area contributed by atoms with E-state index in [0.717, 1.165) is 5.69 Å². The van der Waals surface area contributed by atoms with E-state index >= 15 is 0 Å². The molecule has 0 aliphatic carbocycles. The molecule has 1 aliphatic heterocycles. The first-order valence-corrected chi connectivity index (χ1v) is 7.37. The van der Waals surface area contributed by atoms with Gasteiger partial charge in [-0.15, -0.1) is 0 Å². The van der Waals surface area contributed by atoms with E-state index < -0.39 is 11.6 Å². The number of anilines is 1. The number of para-hydroxylation sites is 1. The Morgan fingerprint density at radius 3 is 2.13 bits per heavy atom. The lowest BCUT2D eigenvalue weighted by Gasteiger charge is -2.09. The van der Waals surface area contributed by atoms with Crippen LogP contribution in [-0.4, -0.2) is 24.0 Å². The summed E-state index contributed by atoms with van der Waals surface area (Å²) < 4.78 is 29.9. The number of hydrogen-bond donors (Lipinski definition) is 0. The van der Waals surface area contributed by atoms with Crippen LogP contribution in [0.25, 0.3) is 0 Å². The second-order valence-electron chi connectivity index (χ2n) is 5.82. The zero-order valence-corrected chi connectivity index (χ0v) is 14.2. The molecule has 0 amide bonds. The highest BCUT2D eigenvalue weighted by Crippen LogP contribution is 2.28. The Morgan fingerprint density at radius 2 is 1.57 bits per heavy atom. The summed E-state index contributed by atoms with van der Waals surface area (Å²) in [5, 5.41) is 0. The first kappa shape index (κ1) is 17.4. The number of aryl methyl sites for hydroxylation is 3. The van der Waals surface area contributed by atoms with Crippen molar-refractivity contribution in [2.45, 2.75) is 20.8 Å². The molecule has 0 unspecified atom stereocenters. The molecular weight excluding hydrogens is 318 g/mol. The summed E-state index contributed by atoms with van der Waals surface area (Å²) in [6.07, 6.45) is 1.80. The smallest absolute Gasteiger partial charge is 0.244 e. The zero-order valence-electron chi connectivity index (χ0n) is 13.4. The average Bonchev–Trinajstić information content (AvgIpc) is 2.86. The van der Waals surface area contributed by atoms with Gasteiger partial charge in [0.1, 0.15) is 18.8 Å². The van der Waals surface area contributed by atoms with E-state index in [1.807, 2.05) is 0 Å². The fourth-order valence-electron chi connectivity index (χ4n) is 3.23. The first-order valence-electron chi connectivity index (χ1n) is 7.37. The quantitative estimate of drug-likeness (QED) is 0.744. The third-order valence-electron chi connectivity index (χ3n) is 4.01. The number of benzene rings is 2. The maximum absolute atomic E-state index is 13.9. The zero-order chi connectivity index (χ0) is 15.9. The lowest BCUT2D eigenvalue weighted by molar-refractivity contribution is -0.425. The summed E-state index contributed by atoms with van der Waals surface area (Å²) in [4.78, 5) is 1.64. The molecule has 0 saturated carbocycles. The Bertz CT molecular complexity index is 728. The van der Waals surface area contributed by atoms with Gasteiger partial charge in [0.2, 0.25) is 6.34 Å². The van der Waals surface area contributed by atoms with Gasteiger partial charge in [0, 0.05) is 0 Å². The number of halogens is 3. The van der Waals surface area contributed by atoms with Gasteiger partial charge in [0.05, 0.1) is 0 Å². The predicted octanol–water partition coefficient (Wildman–Crippen LogP) is 1.09. The molecule has 2 aromatic rings. The molecule has 23 heavy (non-hydrogen) atoms. The van der Waals surface area contributed by atoms with Crippen molar-refractivity contribution in [3.63, 3.8) is 0 Å². The fraction of sp³-hybridized carbons (Fsp3) is 0.278. The van der Waals surface area contributed by atoms with Gasteiger partial charge < -0.3 is 12.4 Å². The van der Waals surface area contributed by atoms with Gasteiger partial charge in [-0.1, -0.05) is 23.8 Å². The summed E-state index contributed by atoms with van der Waals surface area (Å²) >= 11 is 0. The highest BCUT2D eigenvalue weighted by molar-refractivity contribution is 5.79. The SMILES string of the molecule is Cc1cc(C)c([N+]2=CN(c3c(F)cccc3F)CC2)c(C)c1.[Cl-]. The number of rotatable bonds is 2. The molecule has 122 valence electrons. The summed E-state index contributed by atoms with van der Waals surface area (Å²) in [5.74, 6) is -1.06. The van der Waals surface area contributed by atoms with Crippen LogP contribution in [-0.2, 0) is 0 Å². The van der Waals surface area contributed by atoms with Crippen molar-refractivity contribution >= 4 is 17.7 Å². The summed E-state index contributed by atoms with van der Waals surface area (Å²) in [6, 6.07) is 8.22. The molecule has 0 atom stereocenters. The Morgan fingerprint density at radius 1 is 1.00 bits per heavy atom. The highest BCUT2D eigenvalue weighted by Gasteiger charge is 2.29. The van der Waals surface area contributed by atoms with E-state index in [4.69, 9.17) is 0 Å². The Kier molecular flexibility index (Phi) is 5.05. The van der Waals surface area contributed by atoms with Gasteiger partial charge in [-0.3, -0.25) is 0 Å². The molecule has 1 aliphatic rings. The van der Waals surface area contributed by atoms with Gasteiger partial charge in [-0.2, -0.15) is 0 Å². The molecule has 0 radical (unpaired) electrons. The minimum Gasteiger partial charge on any atom is -1.00 e. The van der Waals surface area contributed by atoms with Crippen LogP contribution in [0.4, 0.5) is 20.2 Å². The average molecular weight is 337 g/mol. The van der Waals surface area contributed by atoms with Crippen LogP contribution in [0, 0.1) is 32.4 Å². The molecule has 0 aromatic heterocycles. The number of nitrogens with zero attached hydrogens (tertiary/aromatic N) is 2. The van der Waals surface area contributed by atoms with Gasteiger partial charge in [0.15, 0.2) is 17.3 Å². The molecule has 0 fully saturated rings. The van der Waals surface area contributed by atoms with Crippen LogP contribution >= 0.6 is 0 Å². The standard InChI is InChI=1S/C18H19F2N2.ClH/c1-12-9-13(2)17(14(3)10-12)21-7-8-22(11-21)18-15(19)5-4-6-16(18)20;/h4-6,9-11H,7-8H2,1-3H3;1H/q+1;/p-1. The van der Waals surface area contributed by atoms with Gasteiger partial charge >= 0.3 is 0 Å². The maximum atomic E-state index is 13.9. The lowest BCUT2D eigenvalue weighted by atomic mass is 10.0. The molecule has 2 nitrogen and oxygen atoms in total. The highest BCUT2D eigenvalue weighted by atomic mass is 35.5. The topological polar surface area (TPSA) is 6.25 Å². The maximum Gasteiger partial charge on any atom is 0.244 e. The Balaban J connectivity index is 0.00000192. The molecule has 2 aromatic carbocycles. The summed E-state index contributed by atoms with van der Waals surface area (Å²) in [5.41, 5.74) is 4.70. The Labute approximate surface area is 141 Å². The monoisotopic (exact) mass is 336 g/mol. The van der Waals surface area contributed by atoms with Gasteiger partial charge in [0.25, 0.3) is 0 Å². The lowest BCUT2D eigenvalue weighted by Crippen LogP contribution is -3.00. The molecule has 0 saturated heterocycles. The third-order valence-corrected chi connectivity index (χ3v) is 4.01. The third kappa shape index (κ3) is 3.22. The van der Waals surface area contributed by atoms with E-state index in [9.17, 15) is 8.78 Å². The van der Waals surface area contributed by atoms with Crippen LogP contribution in [0.15, 0.2) is 30.3 Å². The second-order valence-corrected chi connectivity index (χ2v) is 5.82. The van der Waals surface area contributed by atoms with Crippen molar-refractivity contribution in [3.8, 4) is 0 Å². The van der Waals surface area contributed by atoms with Crippen molar-refractivity contribution in [1.29, 1.82) is 0 Å². The van der Waals surface area contributed by atoms with E-state index in [1.165, 1.54) is 34.9 Å². The number of hydrogen-bond acceptors (Lipinski definition) is 1. The van der Waals surface area contributed by atoms with E-state index in [-0.39, 0.29) is 18.1 Å². The molecule has 0 spiro atoms. The second kappa shape index (κ2) is 6.67. The summed E-state index contributed by atoms with van der Waals surface area (Å²) in [7, 11) is 0. The molecule has 1 heterocycles. The van der Waals surface area contributed by atoms with E-state index in [2.05, 4.69) is 37.5 Å². The van der Waals surface area contributed by atoms with Gasteiger partial charge in [-0.25, -0.2) is 18.3 Å². The first-order chi connectivity index (χ1) is 10.5. The van der Waals surface area contributed by atoms with Crippen molar-refractivity contribution in [1.82, 2.24) is 0 Å². The van der Waals surface area contributed by atoms with Crippen molar-refractivity contribution in [3.05, 3.63) is 58.7 Å². The molecule has 0 N–H and O–H groups in total. The van der Waals surface area contributed by atoms with Crippen LogP contribution in [0.2, 0.25) is 0 Å². The Hall–Kier alpha value is -1.94. The van der Waals surface area contributed by atoms with Crippen LogP contribution in [0.3, 0.4) is 0 Å². The molecule has 0 bridgehead atoms. The predicted molar refractivity (Wildman–Crippen MR) is 85.2 cm³/mol. The molecule has 3 rings (SSSR count). The minimum absolute atomic E-state index is 0. The van der Waals surface area contributed by atoms with Gasteiger partial charge in [-0.05, 0) is 44.0 Å². The fourth-order valence-corrected chi connectivity index (χ4v) is 3.23. The van der Waals surface area contributed by atoms with Crippen LogP contribution < -0.4 is 17.3 Å². The van der Waals surface area contributed by atoms with Crippen LogP contribution in [0.1, 0.15) is 16.7 Å². The minimum atomic E-state index is -0.532. The summed E-state index contributed by atoms with van der Waals surface area (Å²) in [6.45, 7) is 7.46. The van der Waals surface area contributed by atoms with E-state index in [0.29, 0.717) is 13.1 Å². The molecule has 5 heteroatoms. The normalized spacial score (nSPS) is 13.8. The van der Waals surface area contributed by atoms with Crippen molar-refractivity contribution in [2.75, 3.05) is 18.0 Å². The van der Waals surface area contributed by atoms with Crippen molar-refractivity contribution < 1.29 is 25.8 Å². The van der Waals surface area contributed by atoms with E-state index in [1.54, 1.807) is 11.2 Å². The van der Waals surface area contributed by atoms with Crippen molar-refractivity contribution in [2.24, 2.45) is 0 Å². The van der Waals surface area contributed by atoms with Crippen LogP contribution in [0.5, 0.6) is 0 Å².